The molecule has 12 atom stereocenters. The van der Waals surface area contributed by atoms with E-state index in [9.17, 15) is 45.6 Å². The number of carbonyl (C=O) groups excluding carboxylic acids is 1. The van der Waals surface area contributed by atoms with Crippen LogP contribution in [0.25, 0.3) is 0 Å². The molecule has 0 spiro atoms. The van der Waals surface area contributed by atoms with Gasteiger partial charge in [0.25, 0.3) is 0 Å². The molecule has 12 unspecified atom stereocenters. The van der Waals surface area contributed by atoms with Gasteiger partial charge in [-0.25, -0.2) is 0 Å². The van der Waals surface area contributed by atoms with Gasteiger partial charge >= 0.3 is 0 Å². The number of amides is 1. The summed E-state index contributed by atoms with van der Waals surface area (Å²) in [5.74, 6) is -0.315. The van der Waals surface area contributed by atoms with Crippen molar-refractivity contribution in [2.24, 2.45) is 0 Å². The number of ether oxygens (including phenoxy) is 4. The number of carbonyl (C=O) groups is 1. The van der Waals surface area contributed by atoms with Crippen molar-refractivity contribution in [2.75, 3.05) is 19.8 Å². The Morgan fingerprint density at radius 1 is 0.435 bits per heavy atom. The van der Waals surface area contributed by atoms with Gasteiger partial charge in [0.05, 0.1) is 32.0 Å². The summed E-state index contributed by atoms with van der Waals surface area (Å²) in [6, 6.07) is -0.979. The van der Waals surface area contributed by atoms with Crippen LogP contribution in [0.3, 0.4) is 0 Å². The van der Waals surface area contributed by atoms with Crippen molar-refractivity contribution in [3.05, 3.63) is 122 Å². The summed E-state index contributed by atoms with van der Waals surface area (Å²) >= 11 is 0. The van der Waals surface area contributed by atoms with Crippen LogP contribution in [0.4, 0.5) is 0 Å². The molecule has 2 saturated heterocycles. The lowest BCUT2D eigenvalue weighted by Crippen LogP contribution is -2.65. The van der Waals surface area contributed by atoms with E-state index >= 15 is 0 Å². The maximum absolute atomic E-state index is 13.3. The molecule has 0 aromatic carbocycles. The highest BCUT2D eigenvalue weighted by Gasteiger charge is 2.51. The van der Waals surface area contributed by atoms with Crippen molar-refractivity contribution in [1.82, 2.24) is 5.32 Å². The second-order valence-electron chi connectivity index (χ2n) is 22.8. The van der Waals surface area contributed by atoms with E-state index in [0.717, 1.165) is 70.6 Å². The van der Waals surface area contributed by atoms with Gasteiger partial charge in [-0.05, 0) is 96.3 Å². The third-order valence-corrected chi connectivity index (χ3v) is 15.4. The Balaban J connectivity index is 1.77. The molecule has 0 aliphatic carbocycles. The quantitative estimate of drug-likeness (QED) is 0.0204. The first-order valence-corrected chi connectivity index (χ1v) is 33.3. The highest BCUT2D eigenvalue weighted by Crippen LogP contribution is 2.30. The standard InChI is InChI=1S/C71H119NO13/c1-3-5-7-9-11-13-15-17-19-21-23-25-27-28-29-30-31-33-34-36-38-40-42-44-46-48-50-52-54-60(75)59(58-82-70-68(81)66(79)69(62(57-74)84-70)85-71-67(80)65(78)64(77)61(56-73)83-71)72-63(76)55-53-51-49-47-45-43-41-39-37-35-32-26-24-22-20-18-16-14-12-10-8-6-4-2/h6,8,12,14,18,20,24,26,35-38,41,43-44,46-47,49,52,54,59-62,64-71,73-75,77-81H,3-5,7,9-11,13,15-17,19,21-23,25,27-34,39-40,42,45,48,50-51,53,55-58H2,1-2H3,(H,72,76)/b8-6-,14-12-,20-18-,26-24-,37-35-,38-36+,43-41-,46-44+,49-47-,54-52+. The molecule has 14 nitrogen and oxygen atoms in total. The van der Waals surface area contributed by atoms with Gasteiger partial charge in [-0.3, -0.25) is 4.79 Å². The van der Waals surface area contributed by atoms with Gasteiger partial charge in [0.2, 0.25) is 5.91 Å². The molecular formula is C71H119NO13. The summed E-state index contributed by atoms with van der Waals surface area (Å²) < 4.78 is 22.8. The van der Waals surface area contributed by atoms with Crippen LogP contribution < -0.4 is 5.32 Å². The summed E-state index contributed by atoms with van der Waals surface area (Å²) in [5, 5.41) is 87.2. The minimum absolute atomic E-state index is 0.182. The molecule has 0 saturated carbocycles. The summed E-state index contributed by atoms with van der Waals surface area (Å²) in [4.78, 5) is 13.3. The fourth-order valence-electron chi connectivity index (χ4n) is 10.1. The highest BCUT2D eigenvalue weighted by atomic mass is 16.7. The number of allylic oxidation sites excluding steroid dienone is 19. The minimum atomic E-state index is -1.81. The molecule has 9 N–H and O–H groups in total. The first-order valence-electron chi connectivity index (χ1n) is 33.3. The monoisotopic (exact) mass is 1190 g/mol. The van der Waals surface area contributed by atoms with Gasteiger partial charge in [0, 0.05) is 6.42 Å². The van der Waals surface area contributed by atoms with Crippen molar-refractivity contribution in [2.45, 2.75) is 299 Å². The molecule has 0 radical (unpaired) electrons. The molecule has 1 amide bonds. The van der Waals surface area contributed by atoms with E-state index in [1.54, 1.807) is 6.08 Å². The molecular weight excluding hydrogens is 1070 g/mol. The van der Waals surface area contributed by atoms with E-state index in [0.29, 0.717) is 19.3 Å². The Labute approximate surface area is 514 Å². The van der Waals surface area contributed by atoms with E-state index in [2.05, 4.69) is 122 Å². The number of nitrogens with one attached hydrogen (secondary N) is 1. The van der Waals surface area contributed by atoms with Gasteiger partial charge < -0.3 is 65.1 Å². The van der Waals surface area contributed by atoms with Crippen molar-refractivity contribution < 1.29 is 64.6 Å². The van der Waals surface area contributed by atoms with E-state index in [4.69, 9.17) is 18.9 Å². The maximum atomic E-state index is 13.3. The second kappa shape index (κ2) is 54.5. The lowest BCUT2D eigenvalue weighted by molar-refractivity contribution is -0.359. The smallest absolute Gasteiger partial charge is 0.220 e. The number of rotatable bonds is 52. The topological polar surface area (TPSA) is 228 Å². The molecule has 0 aromatic heterocycles. The molecule has 2 aliphatic heterocycles. The van der Waals surface area contributed by atoms with Crippen LogP contribution in [0, 0.1) is 0 Å². The first-order chi connectivity index (χ1) is 41.6. The Kier molecular flexibility index (Phi) is 49.7. The third-order valence-electron chi connectivity index (χ3n) is 15.4. The van der Waals surface area contributed by atoms with Crippen molar-refractivity contribution in [3.63, 3.8) is 0 Å². The molecule has 14 heteroatoms. The predicted molar refractivity (Wildman–Crippen MR) is 345 cm³/mol. The van der Waals surface area contributed by atoms with E-state index < -0.39 is 86.8 Å². The Morgan fingerprint density at radius 3 is 1.29 bits per heavy atom. The second-order valence-corrected chi connectivity index (χ2v) is 22.8. The zero-order valence-electron chi connectivity index (χ0n) is 52.6. The molecule has 486 valence electrons. The fraction of sp³-hybridized carbons (Fsp3) is 0.704. The Bertz CT molecular complexity index is 1890. The van der Waals surface area contributed by atoms with Crippen LogP contribution >= 0.6 is 0 Å². The van der Waals surface area contributed by atoms with Crippen molar-refractivity contribution >= 4 is 5.91 Å². The van der Waals surface area contributed by atoms with Crippen LogP contribution in [-0.2, 0) is 23.7 Å². The lowest BCUT2D eigenvalue weighted by atomic mass is 9.97. The number of hydrogen-bond acceptors (Lipinski definition) is 13. The molecule has 2 heterocycles. The summed E-state index contributed by atoms with van der Waals surface area (Å²) in [6.07, 6.45) is 62.6. The maximum Gasteiger partial charge on any atom is 0.220 e. The van der Waals surface area contributed by atoms with Gasteiger partial charge in [-0.2, -0.15) is 0 Å². The van der Waals surface area contributed by atoms with Gasteiger partial charge in [0.1, 0.15) is 48.8 Å². The number of unbranched alkanes of at least 4 members (excludes halogenated alkanes) is 21. The molecule has 2 rings (SSSR count). The van der Waals surface area contributed by atoms with Crippen molar-refractivity contribution in [3.8, 4) is 0 Å². The zero-order valence-corrected chi connectivity index (χ0v) is 52.6. The first kappa shape index (κ1) is 77.5. The summed E-state index contributed by atoms with van der Waals surface area (Å²) in [5.41, 5.74) is 0. The normalized spacial score (nSPS) is 24.4. The zero-order chi connectivity index (χ0) is 61.6. The van der Waals surface area contributed by atoms with Gasteiger partial charge in [0.15, 0.2) is 12.6 Å². The number of aliphatic hydroxyl groups excluding tert-OH is 8. The number of hydrogen-bond donors (Lipinski definition) is 9. The van der Waals surface area contributed by atoms with Crippen LogP contribution in [0.2, 0.25) is 0 Å². The molecule has 2 aliphatic rings. The predicted octanol–water partition coefficient (Wildman–Crippen LogP) is 12.9. The Hall–Kier alpha value is -3.61. The van der Waals surface area contributed by atoms with Crippen LogP contribution in [0.15, 0.2) is 122 Å². The Morgan fingerprint density at radius 2 is 0.824 bits per heavy atom. The van der Waals surface area contributed by atoms with Gasteiger partial charge in [-0.1, -0.05) is 245 Å². The molecule has 0 aromatic rings. The van der Waals surface area contributed by atoms with Crippen LogP contribution in [-0.4, -0.2) is 140 Å². The van der Waals surface area contributed by atoms with E-state index in [-0.39, 0.29) is 18.9 Å². The van der Waals surface area contributed by atoms with Crippen molar-refractivity contribution in [1.29, 1.82) is 0 Å². The average Bonchev–Trinajstić information content (AvgIpc) is 3.68. The van der Waals surface area contributed by atoms with E-state index in [1.165, 1.54) is 116 Å². The summed E-state index contributed by atoms with van der Waals surface area (Å²) in [7, 11) is 0. The fourth-order valence-corrected chi connectivity index (χ4v) is 10.1. The van der Waals surface area contributed by atoms with Crippen LogP contribution in [0.5, 0.6) is 0 Å². The molecule has 2 fully saturated rings. The average molecular weight is 1190 g/mol. The van der Waals surface area contributed by atoms with Crippen LogP contribution in [0.1, 0.15) is 226 Å². The van der Waals surface area contributed by atoms with Gasteiger partial charge in [-0.15, -0.1) is 0 Å². The van der Waals surface area contributed by atoms with E-state index in [1.807, 2.05) is 12.2 Å². The highest BCUT2D eigenvalue weighted by molar-refractivity contribution is 5.76. The molecule has 0 bridgehead atoms. The third kappa shape index (κ3) is 39.1. The minimum Gasteiger partial charge on any atom is -0.394 e. The molecule has 85 heavy (non-hydrogen) atoms. The SMILES string of the molecule is CC/C=C\C/C=C\C/C=C\C/C=C\C/C=C\C/C=C\C/C=C\CCCC(=O)NC(COC1OC(CO)C(OC2OC(CO)C(O)C(O)C2O)C(O)C1O)C(O)/C=C/CC/C=C/CC/C=C/CCCCCCCCCCCCCCCCCCCC. The summed E-state index contributed by atoms with van der Waals surface area (Å²) in [6.45, 7) is 2.62. The largest absolute Gasteiger partial charge is 0.394 e. The number of aliphatic hydroxyl groups is 8. The lowest BCUT2D eigenvalue weighted by Gasteiger charge is -2.46.